The lowest BCUT2D eigenvalue weighted by molar-refractivity contribution is 0.403. The number of methoxy groups -OCH3 is 2. The quantitative estimate of drug-likeness (QED) is 0.144. The van der Waals surface area contributed by atoms with Gasteiger partial charge in [0.25, 0.3) is 0 Å². The van der Waals surface area contributed by atoms with Crippen LogP contribution in [0, 0.1) is 3.57 Å². The van der Waals surface area contributed by atoms with E-state index < -0.39 is 7.12 Å². The van der Waals surface area contributed by atoms with Crippen LogP contribution in [0.2, 0.25) is 0 Å². The van der Waals surface area contributed by atoms with Gasteiger partial charge in [-0.1, -0.05) is 31.9 Å². The largest absolute Gasteiger partial charge is 0.497 e. The number of anilines is 2. The Kier molecular flexibility index (Phi) is 13.8. The maximum absolute atomic E-state index is 8.91. The summed E-state index contributed by atoms with van der Waals surface area (Å²) in [5.74, 6) is 2.29. The summed E-state index contributed by atoms with van der Waals surface area (Å²) in [6.45, 7) is 0. The number of pyridine rings is 2. The molecule has 6 N–H and O–H groups in total. The molecule has 2 heterocycles. The molecule has 0 fully saturated rings. The smallest absolute Gasteiger partial charge is 0.492 e. The summed E-state index contributed by atoms with van der Waals surface area (Å²) >= 11 is 15.4. The van der Waals surface area contributed by atoms with Gasteiger partial charge >= 0.3 is 7.12 Å². The lowest BCUT2D eigenvalue weighted by atomic mass is 9.80. The Labute approximate surface area is 268 Å². The molecule has 0 aliphatic carbocycles. The molecule has 200 valence electrons. The first-order valence-electron chi connectivity index (χ1n) is 10.5. The average Bonchev–Trinajstić information content (AvgIpc) is 2.88. The van der Waals surface area contributed by atoms with Gasteiger partial charge in [0.15, 0.2) is 0 Å². The first kappa shape index (κ1) is 32.8. The minimum Gasteiger partial charge on any atom is -0.497 e. The zero-order valence-electron chi connectivity index (χ0n) is 20.0. The van der Waals surface area contributed by atoms with Crippen molar-refractivity contribution in [2.75, 3.05) is 25.7 Å². The van der Waals surface area contributed by atoms with E-state index in [0.717, 1.165) is 38.3 Å². The van der Waals surface area contributed by atoms with E-state index in [1.165, 1.54) is 7.11 Å². The van der Waals surface area contributed by atoms with Crippen LogP contribution in [0.1, 0.15) is 0 Å². The van der Waals surface area contributed by atoms with Crippen molar-refractivity contribution in [3.63, 3.8) is 0 Å². The molecule has 0 amide bonds. The molecule has 0 spiro atoms. The Hall–Kier alpha value is -1.43. The number of halogens is 5. The molecule has 0 aliphatic rings. The molecule has 2 aromatic carbocycles. The fraction of sp³-hybridized carbons (Fsp3) is 0.0833. The van der Waals surface area contributed by atoms with Crippen LogP contribution < -0.4 is 26.4 Å². The number of rotatable bonds is 4. The van der Waals surface area contributed by atoms with Gasteiger partial charge in [0.1, 0.15) is 23.1 Å². The average molecular weight is 888 g/mol. The van der Waals surface area contributed by atoms with Crippen molar-refractivity contribution in [3.05, 3.63) is 82.4 Å². The Morgan fingerprint density at radius 1 is 0.711 bits per heavy atom. The van der Waals surface area contributed by atoms with Crippen molar-refractivity contribution in [1.29, 1.82) is 0 Å². The molecule has 0 radical (unpaired) electrons. The van der Waals surface area contributed by atoms with Gasteiger partial charge in [0.05, 0.1) is 17.8 Å². The van der Waals surface area contributed by atoms with Crippen LogP contribution in [0.25, 0.3) is 11.1 Å². The lowest BCUT2D eigenvalue weighted by Gasteiger charge is -2.11. The predicted octanol–water partition coefficient (Wildman–Crippen LogP) is 6.03. The molecular formula is C24H22BBr4IN4O4. The molecule has 4 rings (SSSR count). The number of benzene rings is 2. The van der Waals surface area contributed by atoms with E-state index >= 15 is 0 Å². The molecule has 8 nitrogen and oxygen atoms in total. The highest BCUT2D eigenvalue weighted by molar-refractivity contribution is 14.1. The van der Waals surface area contributed by atoms with E-state index in [0.29, 0.717) is 22.8 Å². The SMILES string of the molecule is COc1ccc(Br)cc1-c1cc(Br)cnc1N.COc1ccc(Br)cc1B(O)O.Nc1ncc(Br)cc1I. The highest BCUT2D eigenvalue weighted by Crippen LogP contribution is 2.36. The molecule has 14 heteroatoms. The van der Waals surface area contributed by atoms with E-state index in [2.05, 4.69) is 96.3 Å². The standard InChI is InChI=1S/C12H10Br2N2O.C7H8BBrO3.C5H4BrIN2/c1-17-11-3-2-7(13)4-9(11)10-5-8(14)6-16-12(10)15;1-12-7-3-2-5(9)4-6(7)8(10)11;6-3-1-4(7)5(8)9-2-3/h2-6H,1H3,(H2,15,16);2-4,10-11H,1H3;1-2H,(H2,8,9). The fourth-order valence-corrected chi connectivity index (χ4v) is 5.19. The Morgan fingerprint density at radius 3 is 1.74 bits per heavy atom. The maximum atomic E-state index is 8.91. The van der Waals surface area contributed by atoms with Crippen LogP contribution in [0.4, 0.5) is 11.6 Å². The van der Waals surface area contributed by atoms with Gasteiger partial charge in [-0.3, -0.25) is 0 Å². The van der Waals surface area contributed by atoms with Crippen molar-refractivity contribution in [3.8, 4) is 22.6 Å². The van der Waals surface area contributed by atoms with E-state index in [4.69, 9.17) is 31.0 Å². The van der Waals surface area contributed by atoms with Gasteiger partial charge in [-0.05, 0) is 103 Å². The monoisotopic (exact) mass is 884 g/mol. The summed E-state index contributed by atoms with van der Waals surface area (Å²) in [5, 5.41) is 17.8. The number of nitrogens with zero attached hydrogens (tertiary/aromatic N) is 2. The van der Waals surface area contributed by atoms with Gasteiger partial charge in [-0.25, -0.2) is 9.97 Å². The Morgan fingerprint density at radius 2 is 1.21 bits per heavy atom. The van der Waals surface area contributed by atoms with E-state index in [1.807, 2.05) is 30.3 Å². The number of hydrogen-bond donors (Lipinski definition) is 4. The third kappa shape index (κ3) is 9.95. The molecule has 0 aliphatic heterocycles. The van der Waals surface area contributed by atoms with Crippen molar-refractivity contribution in [2.24, 2.45) is 0 Å². The molecule has 38 heavy (non-hydrogen) atoms. The summed E-state index contributed by atoms with van der Waals surface area (Å²) < 4.78 is 14.8. The van der Waals surface area contributed by atoms with Crippen LogP contribution in [-0.4, -0.2) is 41.4 Å². The summed E-state index contributed by atoms with van der Waals surface area (Å²) in [6, 6.07) is 14.6. The Bertz CT molecular complexity index is 1390. The van der Waals surface area contributed by atoms with Gasteiger partial charge in [-0.2, -0.15) is 0 Å². The molecule has 0 saturated carbocycles. The summed E-state index contributed by atoms with van der Waals surface area (Å²) in [4.78, 5) is 8.02. The molecule has 0 atom stereocenters. The van der Waals surface area contributed by atoms with Gasteiger partial charge < -0.3 is 31.0 Å². The summed E-state index contributed by atoms with van der Waals surface area (Å²) in [6.07, 6.45) is 3.35. The van der Waals surface area contributed by atoms with Crippen LogP contribution in [-0.2, 0) is 0 Å². The maximum Gasteiger partial charge on any atom is 0.492 e. The second-order valence-corrected chi connectivity index (χ2v) is 12.0. The molecular weight excluding hydrogens is 866 g/mol. The third-order valence-corrected chi connectivity index (χ3v) is 7.36. The number of aromatic nitrogens is 2. The Balaban J connectivity index is 0.000000212. The van der Waals surface area contributed by atoms with Crippen LogP contribution >= 0.6 is 86.3 Å². The molecule has 2 aromatic heterocycles. The molecule has 4 aromatic rings. The predicted molar refractivity (Wildman–Crippen MR) is 176 cm³/mol. The minimum absolute atomic E-state index is 0.354. The second kappa shape index (κ2) is 16.0. The number of hydrogen-bond acceptors (Lipinski definition) is 8. The first-order chi connectivity index (χ1) is 18.0. The lowest BCUT2D eigenvalue weighted by Crippen LogP contribution is -2.31. The van der Waals surface area contributed by atoms with Crippen LogP contribution in [0.15, 0.2) is 78.8 Å². The molecule has 0 bridgehead atoms. The molecule has 0 saturated heterocycles. The first-order valence-corrected chi connectivity index (χ1v) is 14.7. The summed E-state index contributed by atoms with van der Waals surface area (Å²) in [7, 11) is 1.61. The van der Waals surface area contributed by atoms with E-state index in [9.17, 15) is 0 Å². The number of nitrogens with two attached hydrogens (primary N) is 2. The van der Waals surface area contributed by atoms with Crippen LogP contribution in [0.3, 0.4) is 0 Å². The molecule has 0 unspecified atom stereocenters. The number of nitrogen functional groups attached to an aromatic ring is 2. The van der Waals surface area contributed by atoms with Crippen molar-refractivity contribution in [1.82, 2.24) is 9.97 Å². The highest BCUT2D eigenvalue weighted by atomic mass is 127. The normalized spacial score (nSPS) is 9.92. The van der Waals surface area contributed by atoms with Crippen LogP contribution in [0.5, 0.6) is 11.5 Å². The summed E-state index contributed by atoms with van der Waals surface area (Å²) in [5.41, 5.74) is 13.5. The fourth-order valence-electron chi connectivity index (χ4n) is 2.89. The van der Waals surface area contributed by atoms with Gasteiger partial charge in [0.2, 0.25) is 0 Å². The van der Waals surface area contributed by atoms with Gasteiger partial charge in [-0.15, -0.1) is 0 Å². The van der Waals surface area contributed by atoms with Crippen molar-refractivity contribution < 1.29 is 19.5 Å². The van der Waals surface area contributed by atoms with E-state index in [-0.39, 0.29) is 0 Å². The zero-order chi connectivity index (χ0) is 28.4. The minimum atomic E-state index is -1.50. The number of ether oxygens (including phenoxy) is 2. The van der Waals surface area contributed by atoms with E-state index in [1.54, 1.807) is 37.7 Å². The van der Waals surface area contributed by atoms with Crippen molar-refractivity contribution in [2.45, 2.75) is 0 Å². The second-order valence-electron chi connectivity index (χ2n) is 7.21. The van der Waals surface area contributed by atoms with Crippen molar-refractivity contribution >= 4 is 111 Å². The zero-order valence-corrected chi connectivity index (χ0v) is 28.5. The third-order valence-electron chi connectivity index (χ3n) is 4.64. The van der Waals surface area contributed by atoms with Gasteiger partial charge in [0, 0.05) is 46.9 Å². The highest BCUT2D eigenvalue weighted by Gasteiger charge is 2.16. The topological polar surface area (TPSA) is 137 Å².